The summed E-state index contributed by atoms with van der Waals surface area (Å²) in [5, 5.41) is 13.9. The molecule has 0 heterocycles. The highest BCUT2D eigenvalue weighted by Crippen LogP contribution is 2.02. The molecule has 0 spiro atoms. The van der Waals surface area contributed by atoms with Crippen LogP contribution in [0.5, 0.6) is 0 Å². The van der Waals surface area contributed by atoms with Gasteiger partial charge in [0.1, 0.15) is 12.6 Å². The summed E-state index contributed by atoms with van der Waals surface area (Å²) in [4.78, 5) is 33.6. The van der Waals surface area contributed by atoms with Crippen LogP contribution < -0.4 is 16.4 Å². The maximum absolute atomic E-state index is 11.5. The topological polar surface area (TPSA) is 131 Å². The predicted molar refractivity (Wildman–Crippen MR) is 87.1 cm³/mol. The molecule has 1 unspecified atom stereocenters. The summed E-state index contributed by atoms with van der Waals surface area (Å²) in [5.41, 5.74) is 6.03. The zero-order chi connectivity index (χ0) is 17.8. The summed E-state index contributed by atoms with van der Waals surface area (Å²) in [7, 11) is 0. The predicted octanol–water partition coefficient (Wildman–Crippen LogP) is 0.611. The van der Waals surface area contributed by atoms with Gasteiger partial charge in [-0.3, -0.25) is 4.79 Å². The number of carboxylic acids is 1. The molecule has 5 N–H and O–H groups in total. The number of amides is 2. The van der Waals surface area contributed by atoms with Crippen molar-refractivity contribution in [2.45, 2.75) is 31.9 Å². The van der Waals surface area contributed by atoms with Crippen molar-refractivity contribution in [3.63, 3.8) is 0 Å². The Morgan fingerprint density at radius 1 is 1.17 bits per heavy atom. The molecule has 0 aromatic heterocycles. The Morgan fingerprint density at radius 2 is 1.88 bits per heavy atom. The number of carboxylic acid groups (broad SMARTS) is 1. The second-order valence-electron chi connectivity index (χ2n) is 5.15. The molecule has 0 saturated heterocycles. The molecule has 0 radical (unpaired) electrons. The molecule has 0 bridgehead atoms. The van der Waals surface area contributed by atoms with Crippen molar-refractivity contribution in [1.29, 1.82) is 0 Å². The van der Waals surface area contributed by atoms with E-state index in [4.69, 9.17) is 15.6 Å². The molecule has 8 nitrogen and oxygen atoms in total. The minimum atomic E-state index is -1.10. The van der Waals surface area contributed by atoms with E-state index in [2.05, 4.69) is 10.6 Å². The molecule has 1 rings (SSSR count). The van der Waals surface area contributed by atoms with Crippen molar-refractivity contribution in [3.8, 4) is 0 Å². The highest BCUT2D eigenvalue weighted by Gasteiger charge is 2.18. The number of ether oxygens (including phenoxy) is 1. The number of nitrogens with one attached hydrogen (secondary N) is 2. The minimum absolute atomic E-state index is 0.193. The zero-order valence-electron chi connectivity index (χ0n) is 13.4. The Hall–Kier alpha value is -2.61. The van der Waals surface area contributed by atoms with E-state index in [9.17, 15) is 14.4 Å². The van der Waals surface area contributed by atoms with Gasteiger partial charge >= 0.3 is 12.1 Å². The van der Waals surface area contributed by atoms with Gasteiger partial charge in [0.2, 0.25) is 5.91 Å². The normalized spacial score (nSPS) is 11.4. The molecular weight excluding hydrogens is 314 g/mol. The van der Waals surface area contributed by atoms with Gasteiger partial charge in [-0.2, -0.15) is 0 Å². The van der Waals surface area contributed by atoms with Crippen LogP contribution in [0.4, 0.5) is 4.79 Å². The van der Waals surface area contributed by atoms with Crippen LogP contribution >= 0.6 is 0 Å². The summed E-state index contributed by atoms with van der Waals surface area (Å²) in [6, 6.07) is 8.34. The van der Waals surface area contributed by atoms with Crippen molar-refractivity contribution < 1.29 is 24.2 Å². The van der Waals surface area contributed by atoms with E-state index in [1.165, 1.54) is 0 Å². The van der Waals surface area contributed by atoms with Gasteiger partial charge in [-0.1, -0.05) is 30.3 Å². The van der Waals surface area contributed by atoms with Crippen LogP contribution in [0, 0.1) is 0 Å². The van der Waals surface area contributed by atoms with Crippen LogP contribution in [0.15, 0.2) is 30.3 Å². The summed E-state index contributed by atoms with van der Waals surface area (Å²) in [6.07, 6.45) is 0.843. The summed E-state index contributed by atoms with van der Waals surface area (Å²) >= 11 is 0. The first-order valence-corrected chi connectivity index (χ1v) is 7.69. The van der Waals surface area contributed by atoms with E-state index >= 15 is 0 Å². The standard InChI is InChI=1S/C16H23N3O5/c17-10-14(20)19-13(15(21)22)8-4-5-9-18-16(23)24-11-12-6-2-1-3-7-12/h1-3,6-7,13H,4-5,8-11,17H2,(H,18,23)(H,19,20)(H,21,22). The number of hydrogen-bond donors (Lipinski definition) is 4. The second kappa shape index (κ2) is 11.0. The molecular formula is C16H23N3O5. The number of carbonyl (C=O) groups is 3. The van der Waals surface area contributed by atoms with Gasteiger partial charge in [0, 0.05) is 6.54 Å². The van der Waals surface area contributed by atoms with Crippen LogP contribution in [0.3, 0.4) is 0 Å². The molecule has 2 amide bonds. The third-order valence-electron chi connectivity index (χ3n) is 3.22. The largest absolute Gasteiger partial charge is 0.480 e. The number of hydrogen-bond acceptors (Lipinski definition) is 5. The smallest absolute Gasteiger partial charge is 0.407 e. The van der Waals surface area contributed by atoms with Gasteiger partial charge in [-0.15, -0.1) is 0 Å². The lowest BCUT2D eigenvalue weighted by atomic mass is 10.1. The minimum Gasteiger partial charge on any atom is -0.480 e. The van der Waals surface area contributed by atoms with E-state index in [1.54, 1.807) is 0 Å². The molecule has 0 aliphatic carbocycles. The summed E-state index contributed by atoms with van der Waals surface area (Å²) in [6.45, 7) is 0.308. The number of unbranched alkanes of at least 4 members (excludes halogenated alkanes) is 1. The molecule has 1 aromatic rings. The quantitative estimate of drug-likeness (QED) is 0.463. The van der Waals surface area contributed by atoms with Crippen LogP contribution in [-0.2, 0) is 20.9 Å². The highest BCUT2D eigenvalue weighted by molar-refractivity contribution is 5.84. The SMILES string of the molecule is NCC(=O)NC(CCCCNC(=O)OCc1ccccc1)C(=O)O. The van der Waals surface area contributed by atoms with E-state index < -0.39 is 24.0 Å². The Bertz CT molecular complexity index is 536. The fourth-order valence-electron chi connectivity index (χ4n) is 1.95. The maximum atomic E-state index is 11.5. The number of alkyl carbamates (subject to hydrolysis) is 1. The Balaban J connectivity index is 2.14. The molecule has 1 atom stereocenters. The molecule has 8 heteroatoms. The summed E-state index contributed by atoms with van der Waals surface area (Å²) in [5.74, 6) is -1.61. The number of rotatable bonds is 10. The van der Waals surface area contributed by atoms with Crippen molar-refractivity contribution in [2.75, 3.05) is 13.1 Å². The lowest BCUT2D eigenvalue weighted by Gasteiger charge is -2.13. The van der Waals surface area contributed by atoms with E-state index in [1.807, 2.05) is 30.3 Å². The fraction of sp³-hybridized carbons (Fsp3) is 0.438. The molecule has 0 saturated carbocycles. The van der Waals surface area contributed by atoms with Gasteiger partial charge in [0.15, 0.2) is 0 Å². The van der Waals surface area contributed by atoms with Gasteiger partial charge in [-0.05, 0) is 24.8 Å². The number of nitrogens with two attached hydrogens (primary N) is 1. The van der Waals surface area contributed by atoms with E-state index in [-0.39, 0.29) is 19.6 Å². The zero-order valence-corrected chi connectivity index (χ0v) is 13.4. The molecule has 132 valence electrons. The third kappa shape index (κ3) is 8.14. The van der Waals surface area contributed by atoms with Crippen LogP contribution in [0.25, 0.3) is 0 Å². The number of benzene rings is 1. The van der Waals surface area contributed by atoms with Crippen molar-refractivity contribution >= 4 is 18.0 Å². The van der Waals surface area contributed by atoms with Crippen molar-refractivity contribution in [2.24, 2.45) is 5.73 Å². The monoisotopic (exact) mass is 337 g/mol. The molecule has 0 aliphatic rings. The highest BCUT2D eigenvalue weighted by atomic mass is 16.5. The van der Waals surface area contributed by atoms with Crippen molar-refractivity contribution in [1.82, 2.24) is 10.6 Å². The average Bonchev–Trinajstić information content (AvgIpc) is 2.59. The maximum Gasteiger partial charge on any atom is 0.407 e. The number of carbonyl (C=O) groups excluding carboxylic acids is 2. The number of aliphatic carboxylic acids is 1. The molecule has 0 aliphatic heterocycles. The van der Waals surface area contributed by atoms with Crippen LogP contribution in [-0.4, -0.2) is 42.2 Å². The van der Waals surface area contributed by atoms with Crippen molar-refractivity contribution in [3.05, 3.63) is 35.9 Å². The molecule has 1 aromatic carbocycles. The second-order valence-corrected chi connectivity index (χ2v) is 5.15. The van der Waals surface area contributed by atoms with Crippen LogP contribution in [0.2, 0.25) is 0 Å². The third-order valence-corrected chi connectivity index (χ3v) is 3.22. The Morgan fingerprint density at radius 3 is 2.50 bits per heavy atom. The van der Waals surface area contributed by atoms with E-state index in [0.717, 1.165) is 5.56 Å². The fourth-order valence-corrected chi connectivity index (χ4v) is 1.95. The Labute approximate surface area is 140 Å². The van der Waals surface area contributed by atoms with Crippen LogP contribution in [0.1, 0.15) is 24.8 Å². The molecule has 24 heavy (non-hydrogen) atoms. The lowest BCUT2D eigenvalue weighted by molar-refractivity contribution is -0.141. The first-order chi connectivity index (χ1) is 11.5. The van der Waals surface area contributed by atoms with Gasteiger partial charge < -0.3 is 26.2 Å². The summed E-state index contributed by atoms with van der Waals surface area (Å²) < 4.78 is 5.05. The first kappa shape index (κ1) is 19.4. The van der Waals surface area contributed by atoms with Gasteiger partial charge in [0.05, 0.1) is 6.54 Å². The van der Waals surface area contributed by atoms with Gasteiger partial charge in [0.25, 0.3) is 0 Å². The first-order valence-electron chi connectivity index (χ1n) is 7.69. The Kier molecular flexibility index (Phi) is 8.91. The molecule has 0 fully saturated rings. The lowest BCUT2D eigenvalue weighted by Crippen LogP contribution is -2.43. The van der Waals surface area contributed by atoms with E-state index in [0.29, 0.717) is 19.4 Å². The van der Waals surface area contributed by atoms with Gasteiger partial charge in [-0.25, -0.2) is 9.59 Å². The average molecular weight is 337 g/mol.